The number of rotatable bonds is 5. The zero-order valence-electron chi connectivity index (χ0n) is 17.1. The summed E-state index contributed by atoms with van der Waals surface area (Å²) in [7, 11) is 1.47. The molecule has 4 rings (SSSR count). The van der Waals surface area contributed by atoms with Crippen molar-refractivity contribution in [2.75, 3.05) is 13.7 Å². The highest BCUT2D eigenvalue weighted by molar-refractivity contribution is 7.10. The fourth-order valence-electron chi connectivity index (χ4n) is 3.44. The molecule has 0 radical (unpaired) electrons. The number of aromatic hydroxyl groups is 1. The summed E-state index contributed by atoms with van der Waals surface area (Å²) in [6.07, 6.45) is 1.72. The molecule has 3 heterocycles. The van der Waals surface area contributed by atoms with Crippen LogP contribution in [0.2, 0.25) is 0 Å². The molecule has 0 amide bonds. The minimum atomic E-state index is -0.591. The van der Waals surface area contributed by atoms with E-state index in [-0.39, 0.29) is 17.9 Å². The number of phenols is 1. The standard InChI is InChI=1S/C22H20N2O5S2/c1-4-29-21(27)18-12(2)23-22-24(19(18)16-6-5-9-30-16)20(26)17(31-22)11-13-7-8-14(25)15(10-13)28-3/h5-11,19,25H,4H2,1-3H3/b17-11-/t19-/m1/s1. The monoisotopic (exact) mass is 456 g/mol. The van der Waals surface area contributed by atoms with Gasteiger partial charge in [-0.2, -0.15) is 0 Å². The molecule has 0 fully saturated rings. The van der Waals surface area contributed by atoms with Crippen LogP contribution in [0.15, 0.2) is 56.8 Å². The molecule has 0 bridgehead atoms. The fraction of sp³-hybridized carbons (Fsp3) is 0.227. The van der Waals surface area contributed by atoms with Gasteiger partial charge in [-0.05, 0) is 49.1 Å². The van der Waals surface area contributed by atoms with Crippen LogP contribution in [-0.2, 0) is 9.53 Å². The summed E-state index contributed by atoms with van der Waals surface area (Å²) >= 11 is 2.72. The third-order valence-corrected chi connectivity index (χ3v) is 6.74. The van der Waals surface area contributed by atoms with Gasteiger partial charge in [-0.15, -0.1) is 11.3 Å². The molecule has 9 heteroatoms. The van der Waals surface area contributed by atoms with Gasteiger partial charge in [-0.3, -0.25) is 9.36 Å². The zero-order chi connectivity index (χ0) is 22.1. The highest BCUT2D eigenvalue weighted by Gasteiger charge is 2.33. The van der Waals surface area contributed by atoms with Crippen molar-refractivity contribution in [3.8, 4) is 11.5 Å². The number of phenolic OH excluding ortho intramolecular Hbond substituents is 1. The highest BCUT2D eigenvalue weighted by Crippen LogP contribution is 2.33. The molecule has 1 aromatic carbocycles. The van der Waals surface area contributed by atoms with E-state index in [2.05, 4.69) is 4.99 Å². The maximum Gasteiger partial charge on any atom is 0.338 e. The molecule has 0 saturated carbocycles. The van der Waals surface area contributed by atoms with Crippen molar-refractivity contribution in [1.82, 2.24) is 4.57 Å². The van der Waals surface area contributed by atoms with Gasteiger partial charge >= 0.3 is 5.97 Å². The number of carbonyl (C=O) groups excluding carboxylic acids is 1. The third kappa shape index (κ3) is 3.82. The third-order valence-electron chi connectivity index (χ3n) is 4.83. The first-order valence-corrected chi connectivity index (χ1v) is 11.2. The number of benzene rings is 1. The van der Waals surface area contributed by atoms with E-state index in [1.165, 1.54) is 35.8 Å². The number of esters is 1. The number of aromatic nitrogens is 1. The van der Waals surface area contributed by atoms with E-state index < -0.39 is 12.0 Å². The number of thiophene rings is 1. The lowest BCUT2D eigenvalue weighted by Crippen LogP contribution is -2.39. The van der Waals surface area contributed by atoms with Crippen molar-refractivity contribution in [2.45, 2.75) is 19.9 Å². The molecule has 0 saturated heterocycles. The van der Waals surface area contributed by atoms with E-state index in [1.54, 1.807) is 36.6 Å². The van der Waals surface area contributed by atoms with Gasteiger partial charge in [0, 0.05) is 4.88 Å². The van der Waals surface area contributed by atoms with Crippen molar-refractivity contribution in [2.24, 2.45) is 4.99 Å². The SMILES string of the molecule is CCOC(=O)C1=C(C)N=c2s/c(=C\c3ccc(O)c(OC)c3)c(=O)n2[C@@H]1c1cccs1. The molecule has 1 N–H and O–H groups in total. The average molecular weight is 457 g/mol. The number of carbonyl (C=O) groups is 1. The summed E-state index contributed by atoms with van der Waals surface area (Å²) in [4.78, 5) is 32.1. The summed E-state index contributed by atoms with van der Waals surface area (Å²) in [6, 6.07) is 8.05. The number of thiazole rings is 1. The normalized spacial score (nSPS) is 16.1. The van der Waals surface area contributed by atoms with Crippen molar-refractivity contribution in [1.29, 1.82) is 0 Å². The zero-order valence-corrected chi connectivity index (χ0v) is 18.8. The number of methoxy groups -OCH3 is 1. The molecular formula is C22H20N2O5S2. The first-order chi connectivity index (χ1) is 14.9. The van der Waals surface area contributed by atoms with Gasteiger partial charge in [-0.1, -0.05) is 23.5 Å². The maximum absolute atomic E-state index is 13.4. The molecule has 0 spiro atoms. The van der Waals surface area contributed by atoms with Crippen LogP contribution in [0.1, 0.15) is 30.3 Å². The van der Waals surface area contributed by atoms with Gasteiger partial charge in [0.25, 0.3) is 5.56 Å². The Balaban J connectivity index is 1.92. The Labute approximate surface area is 185 Å². The second-order valence-electron chi connectivity index (χ2n) is 6.75. The van der Waals surface area contributed by atoms with Crippen LogP contribution in [-0.4, -0.2) is 29.4 Å². The van der Waals surface area contributed by atoms with E-state index >= 15 is 0 Å². The molecule has 3 aromatic rings. The number of hydrogen-bond donors (Lipinski definition) is 1. The molecule has 0 aliphatic carbocycles. The first-order valence-electron chi connectivity index (χ1n) is 9.54. The molecule has 2 aromatic heterocycles. The van der Waals surface area contributed by atoms with Crippen molar-refractivity contribution in [3.05, 3.63) is 77.1 Å². The van der Waals surface area contributed by atoms with Crippen LogP contribution in [0.5, 0.6) is 11.5 Å². The Morgan fingerprint density at radius 2 is 2.16 bits per heavy atom. The van der Waals surface area contributed by atoms with Gasteiger partial charge in [-0.25, -0.2) is 9.79 Å². The van der Waals surface area contributed by atoms with Crippen molar-refractivity contribution >= 4 is 34.7 Å². The number of nitrogens with zero attached hydrogens (tertiary/aromatic N) is 2. The number of allylic oxidation sites excluding steroid dienone is 1. The number of fused-ring (bicyclic) bond motifs is 1. The van der Waals surface area contributed by atoms with Crippen LogP contribution in [0, 0.1) is 0 Å². The van der Waals surface area contributed by atoms with Gasteiger partial charge in [0.15, 0.2) is 16.3 Å². The van der Waals surface area contributed by atoms with E-state index in [4.69, 9.17) is 9.47 Å². The van der Waals surface area contributed by atoms with Crippen LogP contribution in [0.4, 0.5) is 0 Å². The largest absolute Gasteiger partial charge is 0.504 e. The van der Waals surface area contributed by atoms with Gasteiger partial charge < -0.3 is 14.6 Å². The second-order valence-corrected chi connectivity index (χ2v) is 8.74. The molecule has 1 aliphatic heterocycles. The van der Waals surface area contributed by atoms with Crippen molar-refractivity contribution in [3.63, 3.8) is 0 Å². The minimum absolute atomic E-state index is 0.0218. The fourth-order valence-corrected chi connectivity index (χ4v) is 5.31. The number of hydrogen-bond acceptors (Lipinski definition) is 8. The van der Waals surface area contributed by atoms with Gasteiger partial charge in [0.2, 0.25) is 0 Å². The lowest BCUT2D eigenvalue weighted by molar-refractivity contribution is -0.139. The second kappa shape index (κ2) is 8.52. The molecular weight excluding hydrogens is 436 g/mol. The van der Waals surface area contributed by atoms with E-state index in [0.29, 0.717) is 31.9 Å². The van der Waals surface area contributed by atoms with Crippen LogP contribution in [0.3, 0.4) is 0 Å². The Morgan fingerprint density at radius 1 is 1.35 bits per heavy atom. The predicted octanol–water partition coefficient (Wildman–Crippen LogP) is 2.57. The average Bonchev–Trinajstić information content (AvgIpc) is 3.37. The molecule has 31 heavy (non-hydrogen) atoms. The minimum Gasteiger partial charge on any atom is -0.504 e. The smallest absolute Gasteiger partial charge is 0.338 e. The maximum atomic E-state index is 13.4. The van der Waals surface area contributed by atoms with Gasteiger partial charge in [0.05, 0.1) is 29.5 Å². The quantitative estimate of drug-likeness (QED) is 0.596. The van der Waals surface area contributed by atoms with E-state index in [1.807, 2.05) is 17.5 Å². The summed E-state index contributed by atoms with van der Waals surface area (Å²) in [5, 5.41) is 11.7. The lowest BCUT2D eigenvalue weighted by Gasteiger charge is -2.23. The van der Waals surface area contributed by atoms with Crippen LogP contribution < -0.4 is 19.6 Å². The lowest BCUT2D eigenvalue weighted by atomic mass is 10.0. The first kappa shape index (κ1) is 21.1. The Bertz CT molecular complexity index is 1350. The number of ether oxygens (including phenoxy) is 2. The van der Waals surface area contributed by atoms with Crippen LogP contribution >= 0.6 is 22.7 Å². The van der Waals surface area contributed by atoms with E-state index in [9.17, 15) is 14.7 Å². The summed E-state index contributed by atoms with van der Waals surface area (Å²) in [5.41, 5.74) is 1.36. The topological polar surface area (TPSA) is 90.1 Å². The molecule has 0 unspecified atom stereocenters. The van der Waals surface area contributed by atoms with Crippen molar-refractivity contribution < 1.29 is 19.4 Å². The molecule has 1 aliphatic rings. The molecule has 7 nitrogen and oxygen atoms in total. The molecule has 1 atom stereocenters. The van der Waals surface area contributed by atoms with E-state index in [0.717, 1.165) is 4.88 Å². The summed E-state index contributed by atoms with van der Waals surface area (Å²) < 4.78 is 12.4. The summed E-state index contributed by atoms with van der Waals surface area (Å²) in [6.45, 7) is 3.74. The highest BCUT2D eigenvalue weighted by atomic mass is 32.1. The Morgan fingerprint density at radius 3 is 2.84 bits per heavy atom. The summed E-state index contributed by atoms with van der Waals surface area (Å²) in [5.74, 6) is -0.133. The predicted molar refractivity (Wildman–Crippen MR) is 119 cm³/mol. The van der Waals surface area contributed by atoms with Gasteiger partial charge in [0.1, 0.15) is 6.04 Å². The molecule has 160 valence electrons. The Kier molecular flexibility index (Phi) is 5.79. The Hall–Kier alpha value is -3.17. The van der Waals surface area contributed by atoms with Crippen LogP contribution in [0.25, 0.3) is 6.08 Å².